The number of cyclic esters (lactones) is 1. The maximum Gasteiger partial charge on any atom is 0.330 e. The monoisotopic (exact) mass is 344 g/mol. The first kappa shape index (κ1) is 19.4. The van der Waals surface area contributed by atoms with E-state index in [0.29, 0.717) is 19.3 Å². The SMILES string of the molecule is O=C1C=CC[C@H](CCC[C@H](O)C[C@@H](O)CC/C=C/c2ccccc2)O1. The number of rotatable bonds is 10. The van der Waals surface area contributed by atoms with Crippen LogP contribution in [0.1, 0.15) is 50.5 Å². The van der Waals surface area contributed by atoms with Gasteiger partial charge in [-0.1, -0.05) is 48.6 Å². The molecule has 0 amide bonds. The normalized spacial score (nSPS) is 19.8. The van der Waals surface area contributed by atoms with Crippen molar-refractivity contribution < 1.29 is 19.7 Å². The van der Waals surface area contributed by atoms with Crippen molar-refractivity contribution in [2.24, 2.45) is 0 Å². The largest absolute Gasteiger partial charge is 0.459 e. The van der Waals surface area contributed by atoms with Crippen molar-refractivity contribution in [1.82, 2.24) is 0 Å². The first-order valence-corrected chi connectivity index (χ1v) is 9.08. The first-order chi connectivity index (χ1) is 12.1. The number of benzene rings is 1. The molecule has 1 aliphatic rings. The molecule has 0 aromatic heterocycles. The van der Waals surface area contributed by atoms with E-state index in [1.807, 2.05) is 42.5 Å². The minimum absolute atomic E-state index is 0.0715. The molecule has 25 heavy (non-hydrogen) atoms. The number of carbonyl (C=O) groups is 1. The molecule has 1 aliphatic heterocycles. The van der Waals surface area contributed by atoms with Gasteiger partial charge in [0.15, 0.2) is 0 Å². The Labute approximate surface area is 149 Å². The van der Waals surface area contributed by atoms with Crippen LogP contribution in [0.5, 0.6) is 0 Å². The van der Waals surface area contributed by atoms with Crippen molar-refractivity contribution in [2.75, 3.05) is 0 Å². The molecular weight excluding hydrogens is 316 g/mol. The second-order valence-electron chi connectivity index (χ2n) is 6.56. The van der Waals surface area contributed by atoms with Crippen molar-refractivity contribution in [3.05, 3.63) is 54.1 Å². The van der Waals surface area contributed by atoms with Gasteiger partial charge in [0.25, 0.3) is 0 Å². The van der Waals surface area contributed by atoms with Gasteiger partial charge in [-0.3, -0.25) is 0 Å². The van der Waals surface area contributed by atoms with Gasteiger partial charge in [0.2, 0.25) is 0 Å². The van der Waals surface area contributed by atoms with Crippen molar-refractivity contribution >= 4 is 12.0 Å². The maximum atomic E-state index is 11.1. The lowest BCUT2D eigenvalue weighted by Gasteiger charge is -2.20. The lowest BCUT2D eigenvalue weighted by Crippen LogP contribution is -2.21. The van der Waals surface area contributed by atoms with E-state index in [-0.39, 0.29) is 12.1 Å². The molecule has 0 bridgehead atoms. The molecule has 4 nitrogen and oxygen atoms in total. The van der Waals surface area contributed by atoms with Crippen LogP contribution in [0.3, 0.4) is 0 Å². The number of hydrogen-bond donors (Lipinski definition) is 2. The van der Waals surface area contributed by atoms with E-state index in [0.717, 1.165) is 31.2 Å². The summed E-state index contributed by atoms with van der Waals surface area (Å²) in [7, 11) is 0. The van der Waals surface area contributed by atoms with Gasteiger partial charge < -0.3 is 14.9 Å². The molecule has 0 radical (unpaired) electrons. The molecule has 2 rings (SSSR count). The molecule has 2 N–H and O–H groups in total. The molecule has 0 saturated carbocycles. The Balaban J connectivity index is 1.55. The second kappa shape index (κ2) is 10.9. The zero-order chi connectivity index (χ0) is 17.9. The molecule has 4 heteroatoms. The van der Waals surface area contributed by atoms with E-state index in [9.17, 15) is 15.0 Å². The minimum atomic E-state index is -0.511. The van der Waals surface area contributed by atoms with Crippen molar-refractivity contribution in [3.63, 3.8) is 0 Å². The number of aliphatic hydroxyl groups is 2. The number of hydrogen-bond acceptors (Lipinski definition) is 4. The van der Waals surface area contributed by atoms with Gasteiger partial charge in [-0.05, 0) is 44.1 Å². The molecule has 1 aromatic rings. The smallest absolute Gasteiger partial charge is 0.330 e. The molecule has 1 heterocycles. The second-order valence-corrected chi connectivity index (χ2v) is 6.56. The van der Waals surface area contributed by atoms with E-state index in [1.54, 1.807) is 0 Å². The Bertz CT molecular complexity index is 565. The molecule has 0 unspecified atom stereocenters. The zero-order valence-electron chi connectivity index (χ0n) is 14.6. The average Bonchev–Trinajstić information content (AvgIpc) is 2.60. The van der Waals surface area contributed by atoms with Crippen LogP contribution in [0.4, 0.5) is 0 Å². The Morgan fingerprint density at radius 1 is 1.16 bits per heavy atom. The summed E-state index contributed by atoms with van der Waals surface area (Å²) in [5, 5.41) is 20.1. The molecule has 0 spiro atoms. The topological polar surface area (TPSA) is 66.8 Å². The summed E-state index contributed by atoms with van der Waals surface area (Å²) in [6.45, 7) is 0. The fourth-order valence-corrected chi connectivity index (χ4v) is 2.95. The van der Waals surface area contributed by atoms with Crippen LogP contribution in [0.15, 0.2) is 48.6 Å². The Kier molecular flexibility index (Phi) is 8.43. The number of carbonyl (C=O) groups excluding carboxylic acids is 1. The fourth-order valence-electron chi connectivity index (χ4n) is 2.95. The summed E-state index contributed by atoms with van der Waals surface area (Å²) in [6.07, 6.45) is 11.0. The third-order valence-corrected chi connectivity index (χ3v) is 4.32. The fraction of sp³-hybridized carbons (Fsp3) is 0.476. The predicted molar refractivity (Wildman–Crippen MR) is 98.8 cm³/mol. The van der Waals surface area contributed by atoms with Crippen LogP contribution >= 0.6 is 0 Å². The van der Waals surface area contributed by atoms with Crippen LogP contribution in [0, 0.1) is 0 Å². The third-order valence-electron chi connectivity index (χ3n) is 4.32. The number of allylic oxidation sites excluding steroid dienone is 1. The molecule has 0 aliphatic carbocycles. The highest BCUT2D eigenvalue weighted by molar-refractivity contribution is 5.82. The molecule has 3 atom stereocenters. The average molecular weight is 344 g/mol. The first-order valence-electron chi connectivity index (χ1n) is 9.08. The minimum Gasteiger partial charge on any atom is -0.459 e. The zero-order valence-corrected chi connectivity index (χ0v) is 14.6. The van der Waals surface area contributed by atoms with Gasteiger partial charge in [-0.2, -0.15) is 0 Å². The highest BCUT2D eigenvalue weighted by Crippen LogP contribution is 2.17. The van der Waals surface area contributed by atoms with E-state index in [2.05, 4.69) is 6.08 Å². The molecule has 136 valence electrons. The van der Waals surface area contributed by atoms with E-state index in [4.69, 9.17) is 4.74 Å². The number of ether oxygens (including phenoxy) is 1. The highest BCUT2D eigenvalue weighted by atomic mass is 16.5. The van der Waals surface area contributed by atoms with E-state index < -0.39 is 12.2 Å². The summed E-state index contributed by atoms with van der Waals surface area (Å²) in [6, 6.07) is 10.1. The van der Waals surface area contributed by atoms with E-state index in [1.165, 1.54) is 6.08 Å². The van der Waals surface area contributed by atoms with Crippen molar-refractivity contribution in [3.8, 4) is 0 Å². The summed E-state index contributed by atoms with van der Waals surface area (Å²) in [5.74, 6) is -0.282. The standard InChI is InChI=1S/C21H28O4/c22-18(11-5-4-10-17-8-2-1-3-9-17)16-19(23)12-6-13-20-14-7-15-21(24)25-20/h1-4,7-10,15,18-20,22-23H,5-6,11-14,16H2/b10-4+/t18-,19-,20-/m0/s1. The predicted octanol–water partition coefficient (Wildman–Crippen LogP) is 3.63. The number of aliphatic hydroxyl groups excluding tert-OH is 2. The van der Waals surface area contributed by atoms with Crippen LogP contribution in [0.2, 0.25) is 0 Å². The quantitative estimate of drug-likeness (QED) is 0.636. The molecule has 0 saturated heterocycles. The van der Waals surface area contributed by atoms with Crippen LogP contribution in [-0.4, -0.2) is 34.5 Å². The van der Waals surface area contributed by atoms with Gasteiger partial charge in [0.1, 0.15) is 6.10 Å². The van der Waals surface area contributed by atoms with Gasteiger partial charge in [-0.15, -0.1) is 0 Å². The lowest BCUT2D eigenvalue weighted by atomic mass is 10.00. The van der Waals surface area contributed by atoms with Crippen molar-refractivity contribution in [1.29, 1.82) is 0 Å². The summed E-state index contributed by atoms with van der Waals surface area (Å²) >= 11 is 0. The third kappa shape index (κ3) is 8.14. The van der Waals surface area contributed by atoms with Crippen molar-refractivity contribution in [2.45, 2.75) is 63.3 Å². The van der Waals surface area contributed by atoms with Crippen LogP contribution in [-0.2, 0) is 9.53 Å². The van der Waals surface area contributed by atoms with Gasteiger partial charge >= 0.3 is 5.97 Å². The summed E-state index contributed by atoms with van der Waals surface area (Å²) in [4.78, 5) is 11.1. The molecule has 0 fully saturated rings. The van der Waals surface area contributed by atoms with E-state index >= 15 is 0 Å². The maximum absolute atomic E-state index is 11.1. The molecule has 1 aromatic carbocycles. The lowest BCUT2D eigenvalue weighted by molar-refractivity contribution is -0.144. The van der Waals surface area contributed by atoms with Gasteiger partial charge in [-0.25, -0.2) is 4.79 Å². The Hall–Kier alpha value is -1.91. The van der Waals surface area contributed by atoms with Crippen LogP contribution in [0.25, 0.3) is 6.08 Å². The highest BCUT2D eigenvalue weighted by Gasteiger charge is 2.17. The Morgan fingerprint density at radius 2 is 1.92 bits per heavy atom. The van der Waals surface area contributed by atoms with Gasteiger partial charge in [0, 0.05) is 12.5 Å². The number of esters is 1. The van der Waals surface area contributed by atoms with Crippen LogP contribution < -0.4 is 0 Å². The van der Waals surface area contributed by atoms with Gasteiger partial charge in [0.05, 0.1) is 12.2 Å². The summed E-state index contributed by atoms with van der Waals surface area (Å²) in [5.41, 5.74) is 1.15. The molecular formula is C21H28O4. The summed E-state index contributed by atoms with van der Waals surface area (Å²) < 4.78 is 5.19. The Morgan fingerprint density at radius 3 is 2.68 bits per heavy atom.